The minimum Gasteiger partial charge on any atom is -0.333 e. The molecule has 0 atom stereocenters. The molecule has 0 bridgehead atoms. The van der Waals surface area contributed by atoms with Gasteiger partial charge in [-0.1, -0.05) is 24.3 Å². The molecule has 0 spiro atoms. The molecule has 0 fully saturated rings. The fourth-order valence-corrected chi connectivity index (χ4v) is 2.85. The van der Waals surface area contributed by atoms with Gasteiger partial charge in [0.2, 0.25) is 0 Å². The summed E-state index contributed by atoms with van der Waals surface area (Å²) in [6, 6.07) is 12.6. The number of nitrogens with two attached hydrogens (primary N) is 1. The average molecular weight is 273 g/mol. The van der Waals surface area contributed by atoms with Crippen LogP contribution in [0, 0.1) is 5.82 Å². The SMILES string of the molecule is NCc1cccc(F)c1Sc1nc2ccccc2[nH]1. The Morgan fingerprint density at radius 3 is 2.79 bits per heavy atom. The quantitative estimate of drug-likeness (QED) is 0.769. The third-order valence-corrected chi connectivity index (χ3v) is 3.88. The van der Waals surface area contributed by atoms with Gasteiger partial charge in [0.15, 0.2) is 5.16 Å². The van der Waals surface area contributed by atoms with Gasteiger partial charge in [0, 0.05) is 6.54 Å². The van der Waals surface area contributed by atoms with E-state index in [-0.39, 0.29) is 5.82 Å². The maximum atomic E-state index is 13.9. The Kier molecular flexibility index (Phi) is 3.23. The van der Waals surface area contributed by atoms with Crippen LogP contribution in [0.4, 0.5) is 4.39 Å². The number of nitrogens with zero attached hydrogens (tertiary/aromatic N) is 1. The molecule has 0 unspecified atom stereocenters. The molecule has 2 aromatic carbocycles. The Hall–Kier alpha value is -1.85. The second-order valence-corrected chi connectivity index (χ2v) is 5.09. The molecule has 0 aliphatic heterocycles. The van der Waals surface area contributed by atoms with Crippen molar-refractivity contribution in [1.29, 1.82) is 0 Å². The lowest BCUT2D eigenvalue weighted by Gasteiger charge is -2.06. The van der Waals surface area contributed by atoms with Gasteiger partial charge >= 0.3 is 0 Å². The maximum Gasteiger partial charge on any atom is 0.171 e. The Morgan fingerprint density at radius 2 is 2.00 bits per heavy atom. The van der Waals surface area contributed by atoms with Gasteiger partial charge in [-0.05, 0) is 35.5 Å². The first-order valence-corrected chi connectivity index (χ1v) is 6.69. The van der Waals surface area contributed by atoms with Crippen molar-refractivity contribution in [2.24, 2.45) is 5.73 Å². The predicted molar refractivity (Wildman–Crippen MR) is 74.5 cm³/mol. The summed E-state index contributed by atoms with van der Waals surface area (Å²) in [5.74, 6) is -0.270. The lowest BCUT2D eigenvalue weighted by Crippen LogP contribution is -2.00. The lowest BCUT2D eigenvalue weighted by molar-refractivity contribution is 0.597. The van der Waals surface area contributed by atoms with E-state index >= 15 is 0 Å². The summed E-state index contributed by atoms with van der Waals surface area (Å²) in [4.78, 5) is 8.12. The third kappa shape index (κ3) is 2.34. The minimum absolute atomic E-state index is 0.270. The number of fused-ring (bicyclic) bond motifs is 1. The number of H-pyrrole nitrogens is 1. The molecule has 0 saturated heterocycles. The van der Waals surface area contributed by atoms with Crippen LogP contribution in [0.15, 0.2) is 52.5 Å². The van der Waals surface area contributed by atoms with Crippen LogP contribution in [0.25, 0.3) is 11.0 Å². The second-order valence-electron chi connectivity index (χ2n) is 4.09. The topological polar surface area (TPSA) is 54.7 Å². The maximum absolute atomic E-state index is 13.9. The first kappa shape index (κ1) is 12.2. The van der Waals surface area contributed by atoms with Crippen LogP contribution in [0.1, 0.15) is 5.56 Å². The van der Waals surface area contributed by atoms with Crippen molar-refractivity contribution in [2.45, 2.75) is 16.6 Å². The standard InChI is InChI=1S/C14H12FN3S/c15-10-5-3-4-9(8-16)13(10)19-14-17-11-6-1-2-7-12(11)18-14/h1-7H,8,16H2,(H,17,18). The number of imidazole rings is 1. The molecule has 0 aliphatic rings. The fourth-order valence-electron chi connectivity index (χ4n) is 1.90. The van der Waals surface area contributed by atoms with Crippen LogP contribution in [0.2, 0.25) is 0 Å². The van der Waals surface area contributed by atoms with E-state index in [0.717, 1.165) is 16.6 Å². The van der Waals surface area contributed by atoms with Crippen LogP contribution in [-0.2, 0) is 6.54 Å². The van der Waals surface area contributed by atoms with Gasteiger partial charge in [-0.3, -0.25) is 0 Å². The van der Waals surface area contributed by atoms with Gasteiger partial charge in [-0.2, -0.15) is 0 Å². The van der Waals surface area contributed by atoms with E-state index in [2.05, 4.69) is 9.97 Å². The molecule has 96 valence electrons. The van der Waals surface area contributed by atoms with Gasteiger partial charge in [0.05, 0.1) is 15.9 Å². The number of hydrogen-bond acceptors (Lipinski definition) is 3. The zero-order valence-corrected chi connectivity index (χ0v) is 10.9. The zero-order valence-electron chi connectivity index (χ0n) is 10.1. The summed E-state index contributed by atoms with van der Waals surface area (Å²) in [6.07, 6.45) is 0. The molecule has 5 heteroatoms. The van der Waals surface area contributed by atoms with Gasteiger partial charge in [0.1, 0.15) is 5.82 Å². The number of rotatable bonds is 3. The van der Waals surface area contributed by atoms with Crippen LogP contribution >= 0.6 is 11.8 Å². The van der Waals surface area contributed by atoms with Crippen LogP contribution in [0.3, 0.4) is 0 Å². The summed E-state index contributed by atoms with van der Waals surface area (Å²) in [5, 5.41) is 0.668. The van der Waals surface area contributed by atoms with E-state index in [1.54, 1.807) is 6.07 Å². The second kappa shape index (κ2) is 5.03. The number of aromatic nitrogens is 2. The van der Waals surface area contributed by atoms with Gasteiger partial charge < -0.3 is 10.7 Å². The summed E-state index contributed by atoms with van der Waals surface area (Å²) < 4.78 is 13.9. The third-order valence-electron chi connectivity index (χ3n) is 2.83. The van der Waals surface area contributed by atoms with Crippen LogP contribution < -0.4 is 5.73 Å². The highest BCUT2D eigenvalue weighted by atomic mass is 32.2. The van der Waals surface area contributed by atoms with E-state index in [0.29, 0.717) is 16.6 Å². The molecule has 0 aliphatic carbocycles. The predicted octanol–water partition coefficient (Wildman–Crippen LogP) is 3.31. The average Bonchev–Trinajstić information content (AvgIpc) is 2.83. The highest BCUT2D eigenvalue weighted by Gasteiger charge is 2.11. The summed E-state index contributed by atoms with van der Waals surface area (Å²) in [5.41, 5.74) is 8.23. The first-order valence-electron chi connectivity index (χ1n) is 5.88. The van der Waals surface area contributed by atoms with Crippen molar-refractivity contribution in [3.8, 4) is 0 Å². The summed E-state index contributed by atoms with van der Waals surface area (Å²) in [7, 11) is 0. The van der Waals surface area contributed by atoms with E-state index < -0.39 is 0 Å². The van der Waals surface area contributed by atoms with Gasteiger partial charge in [-0.25, -0.2) is 9.37 Å². The number of hydrogen-bond donors (Lipinski definition) is 2. The van der Waals surface area contributed by atoms with E-state index in [4.69, 9.17) is 5.73 Å². The van der Waals surface area contributed by atoms with Crippen molar-refractivity contribution in [3.63, 3.8) is 0 Å². The van der Waals surface area contributed by atoms with Crippen LogP contribution in [0.5, 0.6) is 0 Å². The van der Waals surface area contributed by atoms with E-state index in [1.165, 1.54) is 17.8 Å². The van der Waals surface area contributed by atoms with Crippen molar-refractivity contribution >= 4 is 22.8 Å². The van der Waals surface area contributed by atoms with Crippen molar-refractivity contribution in [2.75, 3.05) is 0 Å². The minimum atomic E-state index is -0.270. The monoisotopic (exact) mass is 273 g/mol. The Bertz CT molecular complexity index is 691. The number of para-hydroxylation sites is 2. The summed E-state index contributed by atoms with van der Waals surface area (Å²) in [6.45, 7) is 0.306. The van der Waals surface area contributed by atoms with Crippen molar-refractivity contribution in [3.05, 3.63) is 53.8 Å². The molecule has 1 aromatic heterocycles. The van der Waals surface area contributed by atoms with E-state index in [9.17, 15) is 4.39 Å². The molecular formula is C14H12FN3S. The molecule has 0 amide bonds. The highest BCUT2D eigenvalue weighted by Crippen LogP contribution is 2.31. The first-order chi connectivity index (χ1) is 9.28. The molecule has 19 heavy (non-hydrogen) atoms. The molecule has 1 heterocycles. The largest absolute Gasteiger partial charge is 0.333 e. The van der Waals surface area contributed by atoms with Gasteiger partial charge in [0.25, 0.3) is 0 Å². The van der Waals surface area contributed by atoms with Gasteiger partial charge in [-0.15, -0.1) is 0 Å². The molecule has 0 radical (unpaired) electrons. The highest BCUT2D eigenvalue weighted by molar-refractivity contribution is 7.99. The zero-order chi connectivity index (χ0) is 13.2. The molecular weight excluding hydrogens is 261 g/mol. The molecule has 3 N–H and O–H groups in total. The molecule has 3 nitrogen and oxygen atoms in total. The van der Waals surface area contributed by atoms with Crippen molar-refractivity contribution < 1.29 is 4.39 Å². The summed E-state index contributed by atoms with van der Waals surface area (Å²) >= 11 is 1.27. The Balaban J connectivity index is 2.01. The number of benzene rings is 2. The van der Waals surface area contributed by atoms with Crippen LogP contribution in [-0.4, -0.2) is 9.97 Å². The number of nitrogens with one attached hydrogen (secondary N) is 1. The smallest absolute Gasteiger partial charge is 0.171 e. The Morgan fingerprint density at radius 1 is 1.16 bits per heavy atom. The van der Waals surface area contributed by atoms with Crippen molar-refractivity contribution in [1.82, 2.24) is 9.97 Å². The van der Waals surface area contributed by atoms with E-state index in [1.807, 2.05) is 30.3 Å². The Labute approximate surface area is 114 Å². The number of aromatic amines is 1. The normalized spacial score (nSPS) is 11.1. The number of halogens is 1. The lowest BCUT2D eigenvalue weighted by atomic mass is 10.2. The molecule has 3 rings (SSSR count). The fraction of sp³-hybridized carbons (Fsp3) is 0.0714. The molecule has 3 aromatic rings. The molecule has 0 saturated carbocycles.